The number of nitrogens with zero attached hydrogens (tertiary/aromatic N) is 3. The van der Waals surface area contributed by atoms with Gasteiger partial charge in [-0.3, -0.25) is 0 Å². The van der Waals surface area contributed by atoms with Gasteiger partial charge in [0.25, 0.3) is 11.2 Å². The molecule has 0 bridgehead atoms. The molecule has 0 radical (unpaired) electrons. The molecule has 0 atom stereocenters. The fourth-order valence-electron chi connectivity index (χ4n) is 2.79. The van der Waals surface area contributed by atoms with Gasteiger partial charge in [0, 0.05) is 18.3 Å². The molecule has 1 aromatic carbocycles. The van der Waals surface area contributed by atoms with Gasteiger partial charge in [0.05, 0.1) is 0 Å². The van der Waals surface area contributed by atoms with Crippen LogP contribution in [0.4, 0.5) is 0 Å². The Morgan fingerprint density at radius 3 is 2.92 bits per heavy atom. The molecule has 0 saturated heterocycles. The molecule has 2 aromatic heterocycles. The van der Waals surface area contributed by atoms with Gasteiger partial charge in [0.2, 0.25) is 5.52 Å². The maximum atomic E-state index is 12.0. The molecule has 1 saturated carbocycles. The molecule has 3 aromatic rings. The van der Waals surface area contributed by atoms with Crippen molar-refractivity contribution in [3.05, 3.63) is 45.8 Å². The van der Waals surface area contributed by atoms with Crippen LogP contribution in [0.2, 0.25) is 0 Å². The number of halogens is 1. The van der Waals surface area contributed by atoms with Gasteiger partial charge >= 0.3 is 0 Å². The summed E-state index contributed by atoms with van der Waals surface area (Å²) in [6.45, 7) is 1.12. The Hall–Kier alpha value is -2.19. The second-order valence-electron chi connectivity index (χ2n) is 6.19. The number of hydrogen-bond donors (Lipinski definition) is 1. The molecule has 8 heteroatoms. The topological polar surface area (TPSA) is 78.0 Å². The first-order valence-corrected chi connectivity index (χ1v) is 8.91. The summed E-state index contributed by atoms with van der Waals surface area (Å²) in [5.74, 6) is 1.80. The largest absolute Gasteiger partial charge is 0.618 e. The summed E-state index contributed by atoms with van der Waals surface area (Å²) in [5, 5.41) is 19.4. The fourth-order valence-corrected chi connectivity index (χ4v) is 3.29. The summed E-state index contributed by atoms with van der Waals surface area (Å²) in [4.78, 5) is 0. The van der Waals surface area contributed by atoms with Crippen molar-refractivity contribution in [3.63, 3.8) is 0 Å². The molecule has 1 fully saturated rings. The monoisotopic (exact) mass is 405 g/mol. The van der Waals surface area contributed by atoms with Crippen LogP contribution >= 0.6 is 15.9 Å². The lowest BCUT2D eigenvalue weighted by Gasteiger charge is -2.11. The molecule has 130 valence electrons. The van der Waals surface area contributed by atoms with E-state index in [0.29, 0.717) is 17.2 Å². The summed E-state index contributed by atoms with van der Waals surface area (Å²) >= 11 is 3.58. The van der Waals surface area contributed by atoms with Crippen LogP contribution in [0, 0.1) is 11.1 Å². The molecular formula is C17H18BrN4O3+. The molecule has 7 nitrogen and oxygen atoms in total. The van der Waals surface area contributed by atoms with Gasteiger partial charge in [-0.05, 0) is 52.9 Å². The number of ether oxygens (including phenoxy) is 2. The first-order valence-electron chi connectivity index (χ1n) is 8.11. The number of aromatic nitrogens is 4. The van der Waals surface area contributed by atoms with E-state index in [0.717, 1.165) is 32.7 Å². The Morgan fingerprint density at radius 1 is 1.32 bits per heavy atom. The van der Waals surface area contributed by atoms with Crippen LogP contribution < -0.4 is 14.1 Å². The lowest BCUT2D eigenvalue weighted by molar-refractivity contribution is -0.733. The van der Waals surface area contributed by atoms with Crippen molar-refractivity contribution in [2.24, 2.45) is 5.92 Å². The minimum absolute atomic E-state index is 0.170. The van der Waals surface area contributed by atoms with E-state index < -0.39 is 0 Å². The normalized spacial score (nSPS) is 14.2. The molecule has 0 spiro atoms. The number of benzene rings is 1. The Morgan fingerprint density at radius 2 is 2.16 bits per heavy atom. The third kappa shape index (κ3) is 3.19. The predicted molar refractivity (Wildman–Crippen MR) is 92.9 cm³/mol. The van der Waals surface area contributed by atoms with Crippen LogP contribution in [0.25, 0.3) is 11.0 Å². The average molecular weight is 406 g/mol. The van der Waals surface area contributed by atoms with E-state index in [4.69, 9.17) is 9.47 Å². The maximum absolute atomic E-state index is 12.0. The van der Waals surface area contributed by atoms with E-state index in [1.807, 2.05) is 12.1 Å². The highest BCUT2D eigenvalue weighted by Crippen LogP contribution is 2.35. The SMILES string of the molecule is COCc1c(Oc2ccc3c(n[nH][n+]3CC3CC3)c2Br)ccc[n+]1[O-]. The van der Waals surface area contributed by atoms with Gasteiger partial charge in [0.1, 0.15) is 23.4 Å². The molecule has 1 N–H and O–H groups in total. The van der Waals surface area contributed by atoms with Crippen LogP contribution in [0.3, 0.4) is 0 Å². The summed E-state index contributed by atoms with van der Waals surface area (Å²) in [5.41, 5.74) is 2.25. The van der Waals surface area contributed by atoms with Crippen LogP contribution in [0.1, 0.15) is 18.5 Å². The van der Waals surface area contributed by atoms with Crippen LogP contribution in [-0.2, 0) is 17.9 Å². The highest BCUT2D eigenvalue weighted by atomic mass is 79.9. The molecule has 1 aliphatic carbocycles. The first-order chi connectivity index (χ1) is 12.2. The molecule has 4 rings (SSSR count). The smallest absolute Gasteiger partial charge is 0.266 e. The zero-order chi connectivity index (χ0) is 17.4. The summed E-state index contributed by atoms with van der Waals surface area (Å²) < 4.78 is 14.6. The molecule has 25 heavy (non-hydrogen) atoms. The van der Waals surface area contributed by atoms with E-state index in [-0.39, 0.29) is 6.61 Å². The molecule has 0 unspecified atom stereocenters. The van der Waals surface area contributed by atoms with Gasteiger partial charge in [0.15, 0.2) is 11.9 Å². The number of pyridine rings is 1. The minimum atomic E-state index is 0.170. The van der Waals surface area contributed by atoms with Crippen LogP contribution in [0.15, 0.2) is 34.9 Å². The molecule has 0 aliphatic heterocycles. The average Bonchev–Trinajstić information content (AvgIpc) is 3.32. The van der Waals surface area contributed by atoms with Crippen LogP contribution in [-0.4, -0.2) is 17.4 Å². The second-order valence-corrected chi connectivity index (χ2v) is 6.98. The van der Waals surface area contributed by atoms with Crippen LogP contribution in [0.5, 0.6) is 11.5 Å². The van der Waals surface area contributed by atoms with E-state index in [1.165, 1.54) is 19.0 Å². The van der Waals surface area contributed by atoms with Crippen molar-refractivity contribution in [2.45, 2.75) is 26.0 Å². The van der Waals surface area contributed by atoms with Crippen molar-refractivity contribution < 1.29 is 18.9 Å². The quantitative estimate of drug-likeness (QED) is 0.504. The first kappa shape index (κ1) is 16.3. The number of hydrogen-bond acceptors (Lipinski definition) is 4. The van der Waals surface area contributed by atoms with Gasteiger partial charge < -0.3 is 14.7 Å². The van der Waals surface area contributed by atoms with E-state index in [9.17, 15) is 5.21 Å². The van der Waals surface area contributed by atoms with E-state index >= 15 is 0 Å². The second kappa shape index (κ2) is 6.61. The van der Waals surface area contributed by atoms with E-state index in [2.05, 4.69) is 30.9 Å². The predicted octanol–water partition coefficient (Wildman–Crippen LogP) is 2.60. The van der Waals surface area contributed by atoms with Crippen molar-refractivity contribution in [3.8, 4) is 11.5 Å². The standard InChI is InChI=1S/C17H17BrN4O3/c1-24-10-13-14(3-2-8-22(13)23)25-15-7-6-12-17(16(15)18)19-20-21(12)9-11-4-5-11/h2-3,6-8,11H,4-5,9-10H2,1H3/p+1. The molecular weight excluding hydrogens is 388 g/mol. The Kier molecular flexibility index (Phi) is 4.30. The van der Waals surface area contributed by atoms with Gasteiger partial charge in [-0.2, -0.15) is 9.41 Å². The number of H-pyrrole nitrogens is 1. The van der Waals surface area contributed by atoms with Crippen molar-refractivity contribution in [1.29, 1.82) is 0 Å². The highest BCUT2D eigenvalue weighted by Gasteiger charge is 2.28. The molecule has 2 heterocycles. The number of rotatable bonds is 6. The molecule has 1 aliphatic rings. The Labute approximate surface area is 152 Å². The fraction of sp³-hybridized carbons (Fsp3) is 0.353. The third-order valence-electron chi connectivity index (χ3n) is 4.29. The summed E-state index contributed by atoms with van der Waals surface area (Å²) in [6, 6.07) is 7.25. The van der Waals surface area contributed by atoms with Gasteiger partial charge in [-0.25, -0.2) is 0 Å². The highest BCUT2D eigenvalue weighted by molar-refractivity contribution is 9.10. The Bertz CT molecular complexity index is 924. The van der Waals surface area contributed by atoms with E-state index in [1.54, 1.807) is 19.2 Å². The summed E-state index contributed by atoms with van der Waals surface area (Å²) in [7, 11) is 1.54. The van der Waals surface area contributed by atoms with Crippen molar-refractivity contribution in [2.75, 3.05) is 7.11 Å². The van der Waals surface area contributed by atoms with Crippen molar-refractivity contribution in [1.82, 2.24) is 10.3 Å². The van der Waals surface area contributed by atoms with Gasteiger partial charge in [-0.1, -0.05) is 5.21 Å². The number of methoxy groups -OCH3 is 1. The van der Waals surface area contributed by atoms with Crippen molar-refractivity contribution >= 4 is 27.0 Å². The number of aromatic amines is 1. The number of nitrogens with one attached hydrogen (secondary N) is 1. The Balaban J connectivity index is 1.68. The number of fused-ring (bicyclic) bond motifs is 1. The third-order valence-corrected chi connectivity index (χ3v) is 5.06. The lowest BCUT2D eigenvalue weighted by atomic mass is 10.2. The zero-order valence-electron chi connectivity index (χ0n) is 13.7. The summed E-state index contributed by atoms with van der Waals surface area (Å²) in [6.07, 6.45) is 3.98. The maximum Gasteiger partial charge on any atom is 0.266 e. The molecule has 0 amide bonds. The lowest BCUT2D eigenvalue weighted by Crippen LogP contribution is -2.37. The van der Waals surface area contributed by atoms with Gasteiger partial charge in [-0.15, -0.1) is 0 Å². The zero-order valence-corrected chi connectivity index (χ0v) is 15.3. The minimum Gasteiger partial charge on any atom is -0.618 e.